The summed E-state index contributed by atoms with van der Waals surface area (Å²) < 4.78 is 2.00. The third-order valence-corrected chi connectivity index (χ3v) is 7.32. The molecule has 0 atom stereocenters. The molecule has 1 fully saturated rings. The highest BCUT2D eigenvalue weighted by molar-refractivity contribution is 7.07. The molecule has 4 N–H and O–H groups in total. The molecule has 1 aromatic carbocycles. The van der Waals surface area contributed by atoms with Crippen LogP contribution in [0, 0.1) is 16.7 Å². The number of aliphatic hydroxyl groups excluding tert-OH is 1. The second kappa shape index (κ2) is 11.1. The number of hydrogen-bond donors (Lipinski definition) is 4. The fourth-order valence-corrected chi connectivity index (χ4v) is 5.11. The number of thiazole rings is 1. The normalized spacial score (nSPS) is 16.3. The molecule has 1 aliphatic rings. The van der Waals surface area contributed by atoms with Gasteiger partial charge in [0.2, 0.25) is 5.91 Å². The van der Waals surface area contributed by atoms with Crippen LogP contribution in [0.5, 0.6) is 0 Å². The summed E-state index contributed by atoms with van der Waals surface area (Å²) in [5.74, 6) is -0.700. The standard InChI is InChI=1S/C26H33N5O4S/c1-5-31-22(34)20(15-28-17-9-8-10-18(13-17)29-24(35)25(2,3)4)36-23(31)19(14-27)21(33)30-26(16-32)11-6-7-12-26/h8-10,13,15,28,32H,5-7,11-12,16H2,1-4H3,(H,29,35)(H,30,33)/b20-15+,23-19-. The van der Waals surface area contributed by atoms with Crippen LogP contribution in [0.4, 0.5) is 11.4 Å². The van der Waals surface area contributed by atoms with Crippen LogP contribution in [-0.2, 0) is 16.1 Å². The highest BCUT2D eigenvalue weighted by atomic mass is 32.1. The van der Waals surface area contributed by atoms with Gasteiger partial charge in [-0.25, -0.2) is 0 Å². The molecule has 0 radical (unpaired) electrons. The summed E-state index contributed by atoms with van der Waals surface area (Å²) in [5.41, 5.74) is -0.451. The zero-order chi connectivity index (χ0) is 26.5. The van der Waals surface area contributed by atoms with E-state index in [1.54, 1.807) is 31.2 Å². The maximum Gasteiger partial charge on any atom is 0.270 e. The van der Waals surface area contributed by atoms with E-state index in [0.717, 1.165) is 24.2 Å². The molecule has 2 amide bonds. The SMILES string of the molecule is CCn1c(=O)/c(=C\Nc2cccc(NC(=O)C(C)(C)C)c2)s/c1=C(/C#N)C(=O)NC1(CO)CCCC1. The number of carbonyl (C=O) groups excluding carboxylic acids is 2. The lowest BCUT2D eigenvalue weighted by Gasteiger charge is -2.27. The van der Waals surface area contributed by atoms with Crippen molar-refractivity contribution in [1.82, 2.24) is 9.88 Å². The predicted molar refractivity (Wildman–Crippen MR) is 142 cm³/mol. The van der Waals surface area contributed by atoms with E-state index in [0.29, 0.717) is 28.7 Å². The number of amides is 2. The zero-order valence-corrected chi connectivity index (χ0v) is 21.9. The molecule has 192 valence electrons. The molecule has 1 aliphatic carbocycles. The highest BCUT2D eigenvalue weighted by Gasteiger charge is 2.35. The van der Waals surface area contributed by atoms with E-state index < -0.39 is 16.9 Å². The van der Waals surface area contributed by atoms with E-state index in [-0.39, 0.29) is 34.9 Å². The van der Waals surface area contributed by atoms with Crippen molar-refractivity contribution in [3.63, 3.8) is 0 Å². The fraction of sp³-hybridized carbons (Fsp3) is 0.462. The van der Waals surface area contributed by atoms with Crippen molar-refractivity contribution in [1.29, 1.82) is 5.26 Å². The monoisotopic (exact) mass is 511 g/mol. The zero-order valence-electron chi connectivity index (χ0n) is 21.1. The van der Waals surface area contributed by atoms with Crippen LogP contribution >= 0.6 is 11.3 Å². The number of nitrogens with zero attached hydrogens (tertiary/aromatic N) is 2. The van der Waals surface area contributed by atoms with Crippen LogP contribution in [0.2, 0.25) is 0 Å². The number of nitrogens with one attached hydrogen (secondary N) is 3. The number of aliphatic hydroxyl groups is 1. The average molecular weight is 512 g/mol. The summed E-state index contributed by atoms with van der Waals surface area (Å²) in [5, 5.41) is 28.4. The van der Waals surface area contributed by atoms with Crippen molar-refractivity contribution in [2.45, 2.75) is 65.5 Å². The molecule has 0 spiro atoms. The van der Waals surface area contributed by atoms with Crippen molar-refractivity contribution in [2.24, 2.45) is 5.41 Å². The molecular weight excluding hydrogens is 478 g/mol. The van der Waals surface area contributed by atoms with E-state index in [2.05, 4.69) is 16.0 Å². The molecule has 1 saturated carbocycles. The molecular formula is C26H33N5O4S. The van der Waals surface area contributed by atoms with Crippen molar-refractivity contribution in [2.75, 3.05) is 17.2 Å². The largest absolute Gasteiger partial charge is 0.394 e. The van der Waals surface area contributed by atoms with Crippen LogP contribution in [0.15, 0.2) is 29.1 Å². The lowest BCUT2D eigenvalue weighted by Crippen LogP contribution is -2.50. The summed E-state index contributed by atoms with van der Waals surface area (Å²) in [6.07, 6.45) is 4.63. The summed E-state index contributed by atoms with van der Waals surface area (Å²) in [6, 6.07) is 9.07. The van der Waals surface area contributed by atoms with Crippen LogP contribution < -0.4 is 30.7 Å². The minimum atomic E-state index is -0.724. The van der Waals surface area contributed by atoms with Crippen LogP contribution in [0.25, 0.3) is 11.8 Å². The van der Waals surface area contributed by atoms with Gasteiger partial charge in [-0.05, 0) is 38.0 Å². The number of benzene rings is 1. The number of aromatic nitrogens is 1. The number of hydrogen-bond acceptors (Lipinski definition) is 7. The molecule has 0 unspecified atom stereocenters. The summed E-state index contributed by atoms with van der Waals surface area (Å²) in [6.45, 7) is 7.35. The van der Waals surface area contributed by atoms with Crippen molar-refractivity contribution < 1.29 is 14.7 Å². The Bertz CT molecular complexity index is 1350. The maximum atomic E-state index is 13.0. The van der Waals surface area contributed by atoms with Gasteiger partial charge in [0.1, 0.15) is 15.3 Å². The number of anilines is 2. The first-order valence-electron chi connectivity index (χ1n) is 12.0. The molecule has 0 saturated heterocycles. The molecule has 9 nitrogen and oxygen atoms in total. The molecule has 1 heterocycles. The maximum absolute atomic E-state index is 13.0. The first kappa shape index (κ1) is 27.2. The Kier molecular flexibility index (Phi) is 8.38. The van der Waals surface area contributed by atoms with Gasteiger partial charge in [-0.3, -0.25) is 19.0 Å². The number of nitriles is 1. The van der Waals surface area contributed by atoms with Crippen LogP contribution in [-0.4, -0.2) is 33.6 Å². The predicted octanol–water partition coefficient (Wildman–Crippen LogP) is 1.86. The van der Waals surface area contributed by atoms with Crippen molar-refractivity contribution in [3.8, 4) is 6.07 Å². The molecule has 3 rings (SSSR count). The first-order valence-corrected chi connectivity index (χ1v) is 12.8. The average Bonchev–Trinajstić information content (AvgIpc) is 3.42. The van der Waals surface area contributed by atoms with Crippen LogP contribution in [0.3, 0.4) is 0 Å². The van der Waals surface area contributed by atoms with Gasteiger partial charge < -0.3 is 21.1 Å². The van der Waals surface area contributed by atoms with Gasteiger partial charge in [0.15, 0.2) is 5.57 Å². The van der Waals surface area contributed by atoms with Crippen molar-refractivity contribution in [3.05, 3.63) is 43.8 Å². The van der Waals surface area contributed by atoms with Crippen molar-refractivity contribution >= 4 is 46.3 Å². The molecule has 0 aliphatic heterocycles. The topological polar surface area (TPSA) is 136 Å². The Labute approximate surface area is 214 Å². The summed E-state index contributed by atoms with van der Waals surface area (Å²) in [4.78, 5) is 38.3. The third kappa shape index (κ3) is 6.04. The minimum absolute atomic E-state index is 0.115. The molecule has 36 heavy (non-hydrogen) atoms. The van der Waals surface area contributed by atoms with Gasteiger partial charge >= 0.3 is 0 Å². The minimum Gasteiger partial charge on any atom is -0.394 e. The second-order valence-electron chi connectivity index (χ2n) is 9.98. The van der Waals surface area contributed by atoms with Gasteiger partial charge in [-0.1, -0.05) is 39.7 Å². The lowest BCUT2D eigenvalue weighted by molar-refractivity contribution is -0.123. The molecule has 0 bridgehead atoms. The Morgan fingerprint density at radius 2 is 1.92 bits per heavy atom. The van der Waals surface area contributed by atoms with Gasteiger partial charge in [0.25, 0.3) is 11.5 Å². The quantitative estimate of drug-likeness (QED) is 0.448. The van der Waals surface area contributed by atoms with Gasteiger partial charge in [-0.2, -0.15) is 5.26 Å². The lowest BCUT2D eigenvalue weighted by atomic mass is 9.95. The summed E-state index contributed by atoms with van der Waals surface area (Å²) in [7, 11) is 0. The van der Waals surface area contributed by atoms with Crippen LogP contribution in [0.1, 0.15) is 53.4 Å². The van der Waals surface area contributed by atoms with E-state index in [1.165, 1.54) is 10.8 Å². The molecule has 1 aromatic heterocycles. The Morgan fingerprint density at radius 1 is 1.25 bits per heavy atom. The number of carbonyl (C=O) groups is 2. The second-order valence-corrected chi connectivity index (χ2v) is 11.0. The third-order valence-electron chi connectivity index (χ3n) is 6.19. The van der Waals surface area contributed by atoms with Gasteiger partial charge in [0, 0.05) is 29.5 Å². The Morgan fingerprint density at radius 3 is 2.50 bits per heavy atom. The van der Waals surface area contributed by atoms with E-state index in [9.17, 15) is 24.8 Å². The molecule has 2 aromatic rings. The smallest absolute Gasteiger partial charge is 0.270 e. The van der Waals surface area contributed by atoms with Gasteiger partial charge in [-0.15, -0.1) is 11.3 Å². The van der Waals surface area contributed by atoms with E-state index in [1.807, 2.05) is 26.8 Å². The Hall–Kier alpha value is -3.42. The first-order chi connectivity index (χ1) is 17.0. The number of rotatable bonds is 7. The molecule has 10 heteroatoms. The van der Waals surface area contributed by atoms with E-state index >= 15 is 0 Å². The highest BCUT2D eigenvalue weighted by Crippen LogP contribution is 2.29. The fourth-order valence-electron chi connectivity index (χ4n) is 4.02. The summed E-state index contributed by atoms with van der Waals surface area (Å²) >= 11 is 1.05. The van der Waals surface area contributed by atoms with E-state index in [4.69, 9.17) is 0 Å². The van der Waals surface area contributed by atoms with Gasteiger partial charge in [0.05, 0.1) is 12.1 Å². The Balaban J connectivity index is 1.94.